The van der Waals surface area contributed by atoms with Crippen LogP contribution in [0, 0.1) is 122 Å². The van der Waals surface area contributed by atoms with Crippen LogP contribution in [0.1, 0.15) is 16.1 Å². The Kier molecular flexibility index (Phi) is 13.9. The fraction of sp³-hybridized carbons (Fsp3) is 0.0238. The van der Waals surface area contributed by atoms with Gasteiger partial charge in [0.1, 0.15) is 58.9 Å². The maximum atomic E-state index is 15.4. The second kappa shape index (κ2) is 19.0. The second-order valence-electron chi connectivity index (χ2n) is 13.7. The average molecular weight is 988 g/mol. The zero-order valence-electron chi connectivity index (χ0n) is 32.4. The second-order valence-corrected chi connectivity index (χ2v) is 13.7. The Bertz CT molecular complexity index is 2790. The Morgan fingerprint density at radius 1 is 0.426 bits per heavy atom. The van der Waals surface area contributed by atoms with Crippen LogP contribution in [0.4, 0.5) is 92.2 Å². The summed E-state index contributed by atoms with van der Waals surface area (Å²) < 4.78 is 314. The van der Waals surface area contributed by atoms with E-state index in [4.69, 9.17) is 4.74 Å². The lowest BCUT2D eigenvalue weighted by Crippen LogP contribution is -2.81. The fourth-order valence-electron chi connectivity index (χ4n) is 7.03. The number of hydrogen-bond donors (Lipinski definition) is 0. The molecule has 7 rings (SSSR count). The molecule has 0 saturated carbocycles. The van der Waals surface area contributed by atoms with Crippen LogP contribution < -0.4 is 31.2 Å². The van der Waals surface area contributed by atoms with Crippen LogP contribution in [0.2, 0.25) is 0 Å². The van der Waals surface area contributed by atoms with E-state index < -0.39 is 156 Å². The predicted molar refractivity (Wildman–Crippen MR) is 191 cm³/mol. The summed E-state index contributed by atoms with van der Waals surface area (Å²) >= 11 is 0. The molecule has 0 radical (unpaired) electrons. The summed E-state index contributed by atoms with van der Waals surface area (Å²) in [5, 5.41) is 0. The first-order chi connectivity index (χ1) is 31.9. The SMILES string of the molecule is Fc1c(F)c(F)c([B-](c2c(F)c(F)c(F)c(F)c2F)(c2c(F)c(F)c(F)c(F)c2F)c2c(F)c(F)c(F)c(F)c2F)c(F)c1F.O=C(Oc1ccccc1F)c1cncc[n+]1Cc1ccccc1. The minimum Gasteiger partial charge on any atom is -0.415 e. The van der Waals surface area contributed by atoms with Gasteiger partial charge in [-0.1, -0.05) is 42.5 Å². The van der Waals surface area contributed by atoms with Crippen molar-refractivity contribution in [3.05, 3.63) is 207 Å². The molecule has 0 spiro atoms. The van der Waals surface area contributed by atoms with E-state index in [2.05, 4.69) is 4.98 Å². The summed E-state index contributed by atoms with van der Waals surface area (Å²) in [7, 11) is 0. The van der Waals surface area contributed by atoms with Gasteiger partial charge in [0, 0.05) is 5.56 Å². The lowest BCUT2D eigenvalue weighted by Gasteiger charge is -2.44. The van der Waals surface area contributed by atoms with E-state index in [1.54, 1.807) is 23.0 Å². The largest absolute Gasteiger partial charge is 0.415 e. The van der Waals surface area contributed by atoms with E-state index >= 15 is 35.1 Å². The van der Waals surface area contributed by atoms with E-state index in [9.17, 15) is 61.9 Å². The Morgan fingerprint density at radius 3 is 1.07 bits per heavy atom. The van der Waals surface area contributed by atoms with Gasteiger partial charge >= 0.3 is 11.7 Å². The molecule has 0 aliphatic heterocycles. The van der Waals surface area contributed by atoms with Gasteiger partial charge in [-0.2, -0.15) is 4.57 Å². The topological polar surface area (TPSA) is 43.1 Å². The van der Waals surface area contributed by atoms with Gasteiger partial charge in [0.05, 0.1) is 6.20 Å². The number of carbonyl (C=O) groups is 1. The quantitative estimate of drug-likeness (QED) is 0.0292. The van der Waals surface area contributed by atoms with Crippen LogP contribution in [0.15, 0.2) is 73.2 Å². The van der Waals surface area contributed by atoms with Crippen molar-refractivity contribution in [3.63, 3.8) is 0 Å². The van der Waals surface area contributed by atoms with Crippen LogP contribution in [0.25, 0.3) is 0 Å². The van der Waals surface area contributed by atoms with Crippen molar-refractivity contribution in [2.24, 2.45) is 0 Å². The first kappa shape index (κ1) is 49.9. The molecule has 0 atom stereocenters. The van der Waals surface area contributed by atoms with Gasteiger partial charge < -0.3 is 4.74 Å². The minimum absolute atomic E-state index is 0.104. The standard InChI is InChI=1S/C24BF20.C18H14FN2O2/c26-5-1(6(27)14(35)21(42)13(5)34)25(2-7(28)15(36)22(43)16(37)8(2)29,3-9(30)17(38)23(44)18(39)10(3)31)4-11(32)19(40)24(45)20(41)12(4)33;19-15-8-4-5-9-17(15)23-18(22)16-12-20-10-11-21(16)13-14-6-2-1-3-7-14/h;1-12H,13H2/q-1;+1. The molecule has 6 aromatic carbocycles. The summed E-state index contributed by atoms with van der Waals surface area (Å²) in [5.74, 6) is -72.7. The fourth-order valence-corrected chi connectivity index (χ4v) is 7.03. The molecule has 0 aliphatic carbocycles. The van der Waals surface area contributed by atoms with Gasteiger partial charge in [-0.15, -0.1) is 21.9 Å². The lowest BCUT2D eigenvalue weighted by atomic mass is 9.12. The summed E-state index contributed by atoms with van der Waals surface area (Å²) in [6.45, 7) is 0.491. The molecule has 1 heterocycles. The maximum absolute atomic E-state index is 15.4. The highest BCUT2D eigenvalue weighted by Gasteiger charge is 2.52. The lowest BCUT2D eigenvalue weighted by molar-refractivity contribution is -0.691. The number of esters is 1. The third-order valence-electron chi connectivity index (χ3n) is 9.99. The highest BCUT2D eigenvalue weighted by Crippen LogP contribution is 2.31. The van der Waals surface area contributed by atoms with Gasteiger partial charge in [0.15, 0.2) is 94.1 Å². The van der Waals surface area contributed by atoms with Gasteiger partial charge in [0.2, 0.25) is 0 Å². The smallest absolute Gasteiger partial charge is 0.410 e. The van der Waals surface area contributed by atoms with Crippen molar-refractivity contribution in [1.82, 2.24) is 4.98 Å². The van der Waals surface area contributed by atoms with Crippen molar-refractivity contribution < 1.29 is 106 Å². The van der Waals surface area contributed by atoms with Gasteiger partial charge in [-0.05, 0) is 12.1 Å². The molecule has 0 amide bonds. The number of halogens is 21. The number of para-hydroxylation sites is 1. The van der Waals surface area contributed by atoms with Gasteiger partial charge in [-0.25, -0.2) is 97.0 Å². The third kappa shape index (κ3) is 8.09. The highest BCUT2D eigenvalue weighted by atomic mass is 19.2. The molecule has 354 valence electrons. The zero-order chi connectivity index (χ0) is 50.4. The predicted octanol–water partition coefficient (Wildman–Crippen LogP) is 8.62. The van der Waals surface area contributed by atoms with Crippen LogP contribution in [0.5, 0.6) is 5.75 Å². The Balaban J connectivity index is 0.000000276. The number of carbonyl (C=O) groups excluding carboxylic acids is 1. The normalized spacial score (nSPS) is 11.4. The molecule has 0 fully saturated rings. The van der Waals surface area contributed by atoms with Gasteiger partial charge in [-0.3, -0.25) is 4.98 Å². The molecule has 1 aromatic heterocycles. The van der Waals surface area contributed by atoms with Crippen molar-refractivity contribution in [2.45, 2.75) is 6.54 Å². The third-order valence-corrected chi connectivity index (χ3v) is 9.99. The summed E-state index contributed by atoms with van der Waals surface area (Å²) in [5.41, 5.74) is -13.0. The molecule has 26 heteroatoms. The van der Waals surface area contributed by atoms with Gasteiger partial charge in [0.25, 0.3) is 0 Å². The van der Waals surface area contributed by atoms with Crippen LogP contribution >= 0.6 is 0 Å². The molecule has 0 saturated heterocycles. The molecule has 0 bridgehead atoms. The molecule has 0 aliphatic rings. The molecule has 68 heavy (non-hydrogen) atoms. The summed E-state index contributed by atoms with van der Waals surface area (Å²) in [4.78, 5) is 16.3. The summed E-state index contributed by atoms with van der Waals surface area (Å²) in [6.07, 6.45) is -2.54. The Labute approximate surface area is 364 Å². The van der Waals surface area contributed by atoms with E-state index in [1.807, 2.05) is 30.3 Å². The molecular formula is C42H14BF21N2O2. The zero-order valence-corrected chi connectivity index (χ0v) is 32.4. The average Bonchev–Trinajstić information content (AvgIpc) is 3.32. The number of rotatable bonds is 8. The summed E-state index contributed by atoms with van der Waals surface area (Å²) in [6, 6.07) is 15.5. The van der Waals surface area contributed by atoms with Crippen molar-refractivity contribution >= 4 is 34.0 Å². The van der Waals surface area contributed by atoms with Crippen molar-refractivity contribution in [1.29, 1.82) is 0 Å². The highest BCUT2D eigenvalue weighted by molar-refractivity contribution is 7.20. The van der Waals surface area contributed by atoms with E-state index in [0.29, 0.717) is 6.54 Å². The number of hydrogen-bond acceptors (Lipinski definition) is 3. The number of aromatic nitrogens is 2. The molecule has 7 aromatic rings. The maximum Gasteiger partial charge on any atom is 0.410 e. The molecular weight excluding hydrogens is 974 g/mol. The minimum atomic E-state index is -7.22. The molecule has 4 nitrogen and oxygen atoms in total. The van der Waals surface area contributed by atoms with Crippen molar-refractivity contribution in [3.8, 4) is 5.75 Å². The van der Waals surface area contributed by atoms with E-state index in [-0.39, 0.29) is 11.4 Å². The molecule has 0 N–H and O–H groups in total. The first-order valence-electron chi connectivity index (χ1n) is 18.0. The number of benzene rings is 6. The number of ether oxygens (including phenoxy) is 1. The van der Waals surface area contributed by atoms with Crippen LogP contribution in [-0.4, -0.2) is 17.1 Å². The molecule has 0 unspecified atom stereocenters. The van der Waals surface area contributed by atoms with E-state index in [0.717, 1.165) is 5.56 Å². The Morgan fingerprint density at radius 2 is 0.735 bits per heavy atom. The van der Waals surface area contributed by atoms with Crippen LogP contribution in [0.3, 0.4) is 0 Å². The monoisotopic (exact) mass is 988 g/mol. The van der Waals surface area contributed by atoms with Crippen molar-refractivity contribution in [2.75, 3.05) is 0 Å². The first-order valence-corrected chi connectivity index (χ1v) is 18.0. The van der Waals surface area contributed by atoms with Crippen LogP contribution in [-0.2, 0) is 6.54 Å². The van der Waals surface area contributed by atoms with E-state index in [1.165, 1.54) is 24.4 Å². The Hall–Kier alpha value is -7.54. The number of nitrogens with zero attached hydrogens (tertiary/aromatic N) is 2.